The van der Waals surface area contributed by atoms with E-state index in [9.17, 15) is 4.79 Å². The molecule has 0 saturated carbocycles. The molecule has 3 heterocycles. The van der Waals surface area contributed by atoms with Gasteiger partial charge >= 0.3 is 0 Å². The summed E-state index contributed by atoms with van der Waals surface area (Å²) in [5.74, 6) is 1.84. The predicted molar refractivity (Wildman–Crippen MR) is 104 cm³/mol. The fourth-order valence-corrected chi connectivity index (χ4v) is 4.44. The number of hydrogen-bond acceptors (Lipinski definition) is 4. The van der Waals surface area contributed by atoms with Crippen molar-refractivity contribution in [3.8, 4) is 11.5 Å². The van der Waals surface area contributed by atoms with Crippen LogP contribution in [0.1, 0.15) is 48.3 Å². The number of carbonyl (C=O) groups excluding carboxylic acids is 1. The van der Waals surface area contributed by atoms with E-state index < -0.39 is 0 Å². The molecule has 0 aliphatic carbocycles. The molecule has 2 aliphatic rings. The number of Topliss-reactive ketones (excluding diaryl/α,β-unsaturated/α-hetero) is 1. The van der Waals surface area contributed by atoms with Gasteiger partial charge in [-0.15, -0.1) is 0 Å². The summed E-state index contributed by atoms with van der Waals surface area (Å²) in [6.45, 7) is 7.39. The molecule has 5 nitrogen and oxygen atoms in total. The van der Waals surface area contributed by atoms with Gasteiger partial charge in [-0.2, -0.15) is 0 Å². The van der Waals surface area contributed by atoms with Crippen molar-refractivity contribution < 1.29 is 14.3 Å². The summed E-state index contributed by atoms with van der Waals surface area (Å²) >= 11 is 0. The van der Waals surface area contributed by atoms with Crippen LogP contribution >= 0.6 is 0 Å². The lowest BCUT2D eigenvalue weighted by Crippen LogP contribution is -2.42. The number of fused-ring (bicyclic) bond motifs is 1. The molecule has 0 radical (unpaired) electrons. The third-order valence-electron chi connectivity index (χ3n) is 5.83. The average Bonchev–Trinajstić information content (AvgIpc) is 3.21. The highest BCUT2D eigenvalue weighted by molar-refractivity contribution is 5.94. The van der Waals surface area contributed by atoms with Gasteiger partial charge in [0.15, 0.2) is 17.3 Å². The maximum Gasteiger partial charge on any atom is 0.231 e. The number of nitrogens with zero attached hydrogens (tertiary/aromatic N) is 2. The lowest BCUT2D eigenvalue weighted by Gasteiger charge is -2.41. The Morgan fingerprint density at radius 3 is 2.81 bits per heavy atom. The van der Waals surface area contributed by atoms with Crippen molar-refractivity contribution in [2.24, 2.45) is 12.5 Å². The Kier molecular flexibility index (Phi) is 4.72. The summed E-state index contributed by atoms with van der Waals surface area (Å²) in [6.07, 6.45) is 5.40. The van der Waals surface area contributed by atoms with Crippen molar-refractivity contribution in [2.45, 2.75) is 39.7 Å². The number of benzene rings is 1. The first kappa shape index (κ1) is 18.1. The molecular weight excluding hydrogens is 340 g/mol. The molecule has 0 N–H and O–H groups in total. The third kappa shape index (κ3) is 3.88. The Balaban J connectivity index is 1.44. The lowest BCUT2D eigenvalue weighted by atomic mass is 9.77. The number of carbonyl (C=O) groups is 1. The maximum absolute atomic E-state index is 11.6. The number of piperidine rings is 1. The zero-order valence-corrected chi connectivity index (χ0v) is 16.5. The number of hydrogen-bond donors (Lipinski definition) is 0. The lowest BCUT2D eigenvalue weighted by molar-refractivity contribution is 0.0951. The highest BCUT2D eigenvalue weighted by atomic mass is 16.7. The fourth-order valence-electron chi connectivity index (χ4n) is 4.44. The first-order valence-corrected chi connectivity index (χ1v) is 9.69. The van der Waals surface area contributed by atoms with Gasteiger partial charge in [0, 0.05) is 37.6 Å². The van der Waals surface area contributed by atoms with E-state index in [0.29, 0.717) is 6.79 Å². The molecule has 0 spiro atoms. The first-order chi connectivity index (χ1) is 12.9. The highest BCUT2D eigenvalue weighted by Crippen LogP contribution is 2.37. The molecule has 0 amide bonds. The van der Waals surface area contributed by atoms with E-state index in [0.717, 1.165) is 43.1 Å². The summed E-state index contributed by atoms with van der Waals surface area (Å²) in [6, 6.07) is 8.35. The number of ketones is 1. The van der Waals surface area contributed by atoms with Crippen molar-refractivity contribution in [1.82, 2.24) is 9.47 Å². The van der Waals surface area contributed by atoms with Gasteiger partial charge in [-0.3, -0.25) is 9.69 Å². The van der Waals surface area contributed by atoms with Crippen LogP contribution in [0.5, 0.6) is 11.5 Å². The van der Waals surface area contributed by atoms with E-state index in [2.05, 4.69) is 28.5 Å². The molecular formula is C22H28N2O3. The third-order valence-corrected chi connectivity index (χ3v) is 5.83. The number of aromatic nitrogens is 1. The van der Waals surface area contributed by atoms with E-state index in [1.54, 1.807) is 6.92 Å². The van der Waals surface area contributed by atoms with Crippen LogP contribution in [0.25, 0.3) is 0 Å². The number of likely N-dealkylation sites (tertiary alicyclic amines) is 1. The van der Waals surface area contributed by atoms with Gasteiger partial charge in [-0.1, -0.05) is 13.0 Å². The standard InChI is InChI=1S/C22H28N2O3/c1-16(25)18-10-19(23(3)12-18)13-24-8-4-7-22(2,14-24)11-17-5-6-20-21(9-17)27-15-26-20/h5-6,9-10,12H,4,7-8,11,13-15H2,1-3H3/t22-/m1/s1. The van der Waals surface area contributed by atoms with Crippen LogP contribution in [-0.2, 0) is 20.0 Å². The minimum Gasteiger partial charge on any atom is -0.454 e. The second kappa shape index (κ2) is 7.04. The summed E-state index contributed by atoms with van der Waals surface area (Å²) in [4.78, 5) is 14.2. The van der Waals surface area contributed by atoms with Crippen molar-refractivity contribution in [1.29, 1.82) is 0 Å². The molecule has 27 heavy (non-hydrogen) atoms. The quantitative estimate of drug-likeness (QED) is 0.753. The van der Waals surface area contributed by atoms with E-state index in [1.165, 1.54) is 24.1 Å². The van der Waals surface area contributed by atoms with Gasteiger partial charge in [0.05, 0.1) is 0 Å². The Morgan fingerprint density at radius 2 is 2.04 bits per heavy atom. The maximum atomic E-state index is 11.6. The van der Waals surface area contributed by atoms with Crippen LogP contribution in [0.4, 0.5) is 0 Å². The zero-order valence-electron chi connectivity index (χ0n) is 16.5. The molecule has 1 atom stereocenters. The minimum atomic E-state index is 0.128. The van der Waals surface area contributed by atoms with Gasteiger partial charge in [-0.05, 0) is 61.9 Å². The van der Waals surface area contributed by atoms with Gasteiger partial charge in [0.25, 0.3) is 0 Å². The minimum absolute atomic E-state index is 0.128. The summed E-state index contributed by atoms with van der Waals surface area (Å²) in [5, 5.41) is 0. The van der Waals surface area contributed by atoms with E-state index in [1.807, 2.05) is 25.4 Å². The molecule has 1 aromatic heterocycles. The van der Waals surface area contributed by atoms with Crippen molar-refractivity contribution in [3.63, 3.8) is 0 Å². The Labute approximate surface area is 160 Å². The first-order valence-electron chi connectivity index (χ1n) is 9.69. The Morgan fingerprint density at radius 1 is 1.22 bits per heavy atom. The van der Waals surface area contributed by atoms with E-state index in [4.69, 9.17) is 9.47 Å². The van der Waals surface area contributed by atoms with Gasteiger partial charge in [0.2, 0.25) is 6.79 Å². The smallest absolute Gasteiger partial charge is 0.231 e. The summed E-state index contributed by atoms with van der Waals surface area (Å²) in [7, 11) is 2.03. The second-order valence-corrected chi connectivity index (χ2v) is 8.38. The SMILES string of the molecule is CC(=O)c1cc(CN2CCC[C@](C)(Cc3ccc4c(c3)OCO4)C2)n(C)c1. The van der Waals surface area contributed by atoms with Crippen LogP contribution in [0.15, 0.2) is 30.5 Å². The molecule has 1 aromatic carbocycles. The second-order valence-electron chi connectivity index (χ2n) is 8.38. The molecule has 5 heteroatoms. The van der Waals surface area contributed by atoms with Gasteiger partial charge < -0.3 is 14.0 Å². The molecule has 0 unspecified atom stereocenters. The van der Waals surface area contributed by atoms with Crippen molar-refractivity contribution in [3.05, 3.63) is 47.3 Å². The van der Waals surface area contributed by atoms with Crippen LogP contribution in [0.2, 0.25) is 0 Å². The monoisotopic (exact) mass is 368 g/mol. The predicted octanol–water partition coefficient (Wildman–Crippen LogP) is 3.80. The summed E-state index contributed by atoms with van der Waals surface area (Å²) in [5.41, 5.74) is 3.54. The van der Waals surface area contributed by atoms with E-state index >= 15 is 0 Å². The largest absolute Gasteiger partial charge is 0.454 e. The Bertz CT molecular complexity index is 857. The molecule has 2 aromatic rings. The summed E-state index contributed by atoms with van der Waals surface area (Å²) < 4.78 is 13.0. The molecule has 144 valence electrons. The number of ether oxygens (including phenoxy) is 2. The van der Waals surface area contributed by atoms with Gasteiger partial charge in [-0.25, -0.2) is 0 Å². The average molecular weight is 368 g/mol. The highest BCUT2D eigenvalue weighted by Gasteiger charge is 2.32. The van der Waals surface area contributed by atoms with Crippen LogP contribution in [0, 0.1) is 5.41 Å². The van der Waals surface area contributed by atoms with Crippen LogP contribution in [0.3, 0.4) is 0 Å². The van der Waals surface area contributed by atoms with E-state index in [-0.39, 0.29) is 11.2 Å². The molecule has 4 rings (SSSR count). The normalized spacial score (nSPS) is 22.2. The molecule has 0 bridgehead atoms. The van der Waals surface area contributed by atoms with Crippen molar-refractivity contribution in [2.75, 3.05) is 19.9 Å². The zero-order chi connectivity index (χ0) is 19.0. The number of aryl methyl sites for hydroxylation is 1. The Hall–Kier alpha value is -2.27. The topological polar surface area (TPSA) is 43.7 Å². The fraction of sp³-hybridized carbons (Fsp3) is 0.500. The van der Waals surface area contributed by atoms with Crippen molar-refractivity contribution >= 4 is 5.78 Å². The van der Waals surface area contributed by atoms with Crippen LogP contribution < -0.4 is 9.47 Å². The van der Waals surface area contributed by atoms with Gasteiger partial charge in [0.1, 0.15) is 0 Å². The molecule has 1 saturated heterocycles. The molecule has 2 aliphatic heterocycles. The number of rotatable bonds is 5. The van der Waals surface area contributed by atoms with Crippen LogP contribution in [-0.4, -0.2) is 35.1 Å². The molecule has 1 fully saturated rings.